The molecule has 0 aliphatic carbocycles. The normalized spacial score (nSPS) is 10.7. The van der Waals surface area contributed by atoms with Crippen LogP contribution in [0.15, 0.2) is 0 Å². The van der Waals surface area contributed by atoms with Gasteiger partial charge in [-0.05, 0) is 25.7 Å². The van der Waals surface area contributed by atoms with Crippen LogP contribution in [0.5, 0.6) is 0 Å². The molecule has 0 amide bonds. The molecule has 0 aliphatic heterocycles. The third-order valence-electron chi connectivity index (χ3n) is 3.35. The minimum Gasteiger partial charge on any atom is -0.466 e. The molecule has 0 fully saturated rings. The van der Waals surface area contributed by atoms with Crippen molar-refractivity contribution in [2.75, 3.05) is 19.8 Å². The Labute approximate surface area is 123 Å². The first-order valence-electron chi connectivity index (χ1n) is 8.18. The van der Waals surface area contributed by atoms with Crippen LogP contribution in [-0.4, -0.2) is 36.0 Å². The Morgan fingerprint density at radius 2 is 1.10 bits per heavy atom. The number of aliphatic hydroxyl groups excluding tert-OH is 2. The van der Waals surface area contributed by atoms with Gasteiger partial charge in [-0.1, -0.05) is 44.9 Å². The summed E-state index contributed by atoms with van der Waals surface area (Å²) >= 11 is 0. The minimum atomic E-state index is -0.105. The third-order valence-corrected chi connectivity index (χ3v) is 3.35. The largest absolute Gasteiger partial charge is 0.466 e. The second-order valence-electron chi connectivity index (χ2n) is 5.31. The molecule has 0 rings (SSSR count). The summed E-state index contributed by atoms with van der Waals surface area (Å²) in [5.74, 6) is -0.105. The van der Waals surface area contributed by atoms with E-state index in [-0.39, 0.29) is 12.6 Å². The Morgan fingerprint density at radius 3 is 1.65 bits per heavy atom. The van der Waals surface area contributed by atoms with Gasteiger partial charge in [-0.3, -0.25) is 4.79 Å². The Kier molecular flexibility index (Phi) is 15.9. The van der Waals surface area contributed by atoms with Gasteiger partial charge in [-0.25, -0.2) is 0 Å². The van der Waals surface area contributed by atoms with Crippen LogP contribution >= 0.6 is 0 Å². The van der Waals surface area contributed by atoms with E-state index in [0.29, 0.717) is 26.1 Å². The molecular formula is C16H32O4. The van der Waals surface area contributed by atoms with E-state index in [0.717, 1.165) is 32.1 Å². The van der Waals surface area contributed by atoms with E-state index >= 15 is 0 Å². The molecule has 0 aromatic heterocycles. The van der Waals surface area contributed by atoms with Gasteiger partial charge in [0.25, 0.3) is 0 Å². The quantitative estimate of drug-likeness (QED) is 0.359. The molecule has 0 atom stereocenters. The molecule has 120 valence electrons. The van der Waals surface area contributed by atoms with Crippen LogP contribution in [0.2, 0.25) is 0 Å². The lowest BCUT2D eigenvalue weighted by Crippen LogP contribution is -2.06. The van der Waals surface area contributed by atoms with Crippen LogP contribution < -0.4 is 0 Å². The van der Waals surface area contributed by atoms with Crippen molar-refractivity contribution in [3.8, 4) is 0 Å². The van der Waals surface area contributed by atoms with E-state index in [1.165, 1.54) is 32.1 Å². The monoisotopic (exact) mass is 288 g/mol. The molecule has 2 N–H and O–H groups in total. The van der Waals surface area contributed by atoms with Crippen LogP contribution in [0.25, 0.3) is 0 Å². The zero-order valence-corrected chi connectivity index (χ0v) is 12.8. The maximum absolute atomic E-state index is 11.3. The summed E-state index contributed by atoms with van der Waals surface area (Å²) in [7, 11) is 0. The van der Waals surface area contributed by atoms with E-state index in [4.69, 9.17) is 14.9 Å². The standard InChI is InChI=1S/C16H32O4/c17-13-9-7-5-3-1-2-4-6-8-12-16(19)20-15-11-10-14-18/h17-18H,1-15H2. The summed E-state index contributed by atoms with van der Waals surface area (Å²) in [4.78, 5) is 11.3. The van der Waals surface area contributed by atoms with Crippen molar-refractivity contribution in [2.24, 2.45) is 0 Å². The first-order valence-corrected chi connectivity index (χ1v) is 8.18. The Hall–Kier alpha value is -0.610. The fourth-order valence-electron chi connectivity index (χ4n) is 2.09. The molecule has 20 heavy (non-hydrogen) atoms. The molecule has 0 aliphatic rings. The first-order chi connectivity index (χ1) is 9.81. The molecular weight excluding hydrogens is 256 g/mol. The van der Waals surface area contributed by atoms with Gasteiger partial charge >= 0.3 is 5.97 Å². The molecule has 4 nitrogen and oxygen atoms in total. The van der Waals surface area contributed by atoms with Crippen molar-refractivity contribution in [1.29, 1.82) is 0 Å². The molecule has 0 radical (unpaired) electrons. The summed E-state index contributed by atoms with van der Waals surface area (Å²) in [6, 6.07) is 0. The second kappa shape index (κ2) is 16.4. The zero-order chi connectivity index (χ0) is 14.9. The minimum absolute atomic E-state index is 0.105. The summed E-state index contributed by atoms with van der Waals surface area (Å²) < 4.78 is 5.06. The highest BCUT2D eigenvalue weighted by Gasteiger charge is 2.02. The summed E-state index contributed by atoms with van der Waals surface area (Å²) in [6.07, 6.45) is 12.2. The predicted octanol–water partition coefficient (Wildman–Crippen LogP) is 3.20. The number of hydrogen-bond donors (Lipinski definition) is 2. The van der Waals surface area contributed by atoms with E-state index in [2.05, 4.69) is 0 Å². The van der Waals surface area contributed by atoms with Gasteiger partial charge in [0.2, 0.25) is 0 Å². The van der Waals surface area contributed by atoms with Crippen LogP contribution in [0.3, 0.4) is 0 Å². The van der Waals surface area contributed by atoms with Crippen molar-refractivity contribution >= 4 is 5.97 Å². The number of hydrogen-bond acceptors (Lipinski definition) is 4. The van der Waals surface area contributed by atoms with Crippen molar-refractivity contribution in [1.82, 2.24) is 0 Å². The Bertz CT molecular complexity index is 207. The lowest BCUT2D eigenvalue weighted by molar-refractivity contribution is -0.143. The number of aliphatic hydroxyl groups is 2. The predicted molar refractivity (Wildman–Crippen MR) is 80.5 cm³/mol. The summed E-state index contributed by atoms with van der Waals surface area (Å²) in [6.45, 7) is 0.918. The van der Waals surface area contributed by atoms with E-state index in [1.807, 2.05) is 0 Å². The van der Waals surface area contributed by atoms with Crippen LogP contribution in [0.1, 0.15) is 77.0 Å². The summed E-state index contributed by atoms with van der Waals surface area (Å²) in [5, 5.41) is 17.2. The topological polar surface area (TPSA) is 66.8 Å². The Morgan fingerprint density at radius 1 is 0.650 bits per heavy atom. The smallest absolute Gasteiger partial charge is 0.305 e. The molecule has 0 unspecified atom stereocenters. The first kappa shape index (κ1) is 19.4. The molecule has 0 saturated carbocycles. The van der Waals surface area contributed by atoms with E-state index in [1.54, 1.807) is 0 Å². The van der Waals surface area contributed by atoms with Crippen molar-refractivity contribution < 1.29 is 19.7 Å². The van der Waals surface area contributed by atoms with Gasteiger partial charge in [-0.2, -0.15) is 0 Å². The Balaban J connectivity index is 3.09. The number of rotatable bonds is 15. The van der Waals surface area contributed by atoms with Crippen molar-refractivity contribution in [3.05, 3.63) is 0 Å². The van der Waals surface area contributed by atoms with Gasteiger partial charge in [0, 0.05) is 19.6 Å². The van der Waals surface area contributed by atoms with Crippen LogP contribution in [0, 0.1) is 0 Å². The van der Waals surface area contributed by atoms with Gasteiger partial charge in [0.05, 0.1) is 6.61 Å². The van der Waals surface area contributed by atoms with Gasteiger partial charge in [0.15, 0.2) is 0 Å². The zero-order valence-electron chi connectivity index (χ0n) is 12.8. The second-order valence-corrected chi connectivity index (χ2v) is 5.31. The van der Waals surface area contributed by atoms with Gasteiger partial charge < -0.3 is 14.9 Å². The number of ether oxygens (including phenoxy) is 1. The highest BCUT2D eigenvalue weighted by Crippen LogP contribution is 2.10. The van der Waals surface area contributed by atoms with E-state index in [9.17, 15) is 4.79 Å². The molecule has 0 aromatic rings. The SMILES string of the molecule is O=C(CCCCCCCCCCCO)OCCCCO. The number of esters is 1. The molecule has 0 spiro atoms. The number of unbranched alkanes of at least 4 members (excludes halogenated alkanes) is 9. The highest BCUT2D eigenvalue weighted by molar-refractivity contribution is 5.69. The molecule has 4 heteroatoms. The molecule has 0 bridgehead atoms. The lowest BCUT2D eigenvalue weighted by Gasteiger charge is -2.04. The lowest BCUT2D eigenvalue weighted by atomic mass is 10.1. The third kappa shape index (κ3) is 15.4. The molecule has 0 heterocycles. The highest BCUT2D eigenvalue weighted by atomic mass is 16.5. The average molecular weight is 288 g/mol. The summed E-state index contributed by atoms with van der Waals surface area (Å²) in [5.41, 5.74) is 0. The fourth-order valence-corrected chi connectivity index (χ4v) is 2.09. The van der Waals surface area contributed by atoms with Gasteiger partial charge in [0.1, 0.15) is 0 Å². The number of carbonyl (C=O) groups excluding carboxylic acids is 1. The van der Waals surface area contributed by atoms with Gasteiger partial charge in [-0.15, -0.1) is 0 Å². The van der Waals surface area contributed by atoms with Crippen LogP contribution in [-0.2, 0) is 9.53 Å². The van der Waals surface area contributed by atoms with Crippen LogP contribution in [0.4, 0.5) is 0 Å². The molecule has 0 saturated heterocycles. The average Bonchev–Trinajstić information content (AvgIpc) is 2.45. The maximum Gasteiger partial charge on any atom is 0.305 e. The maximum atomic E-state index is 11.3. The van der Waals surface area contributed by atoms with E-state index < -0.39 is 0 Å². The van der Waals surface area contributed by atoms with Crippen molar-refractivity contribution in [3.63, 3.8) is 0 Å². The molecule has 0 aromatic carbocycles. The number of carbonyl (C=O) groups is 1. The van der Waals surface area contributed by atoms with Crippen molar-refractivity contribution in [2.45, 2.75) is 77.0 Å². The fraction of sp³-hybridized carbons (Fsp3) is 0.938.